The lowest BCUT2D eigenvalue weighted by atomic mass is 10.1. The van der Waals surface area contributed by atoms with Crippen molar-refractivity contribution in [2.24, 2.45) is 0 Å². The first-order valence-electron chi connectivity index (χ1n) is 7.08. The molecule has 0 heterocycles. The molecule has 0 aliphatic carbocycles. The zero-order valence-electron chi connectivity index (χ0n) is 13.3. The molecule has 0 bridgehead atoms. The second-order valence-electron chi connectivity index (χ2n) is 4.98. The maximum Gasteiger partial charge on any atom is 0.255 e. The number of hydrogen-bond donors (Lipinski definition) is 2. The number of carbonyl (C=O) groups is 1. The van der Waals surface area contributed by atoms with E-state index in [-0.39, 0.29) is 5.91 Å². The van der Waals surface area contributed by atoms with E-state index in [1.54, 1.807) is 13.2 Å². The summed E-state index contributed by atoms with van der Waals surface area (Å²) in [6, 6.07) is 3.07. The number of hydrogen-bond acceptors (Lipinski definition) is 5. The minimum atomic E-state index is -0.232. The largest absolute Gasteiger partial charge is 0.496 e. The summed E-state index contributed by atoms with van der Waals surface area (Å²) in [5.41, 5.74) is 6.46. The first kappa shape index (κ1) is 18.5. The zero-order valence-corrected chi connectivity index (χ0v) is 14.1. The van der Waals surface area contributed by atoms with Crippen molar-refractivity contribution in [1.82, 2.24) is 10.2 Å². The molecule has 1 rings (SSSR count). The fraction of sp³-hybridized carbons (Fsp3) is 0.533. The van der Waals surface area contributed by atoms with E-state index in [1.807, 2.05) is 7.05 Å². The van der Waals surface area contributed by atoms with Crippen LogP contribution in [0.1, 0.15) is 16.8 Å². The van der Waals surface area contributed by atoms with Gasteiger partial charge in [0.2, 0.25) is 0 Å². The highest BCUT2D eigenvalue weighted by Gasteiger charge is 2.14. The fourth-order valence-electron chi connectivity index (χ4n) is 1.96. The molecule has 0 aliphatic rings. The van der Waals surface area contributed by atoms with Gasteiger partial charge in [0.25, 0.3) is 5.91 Å². The van der Waals surface area contributed by atoms with Gasteiger partial charge in [0.15, 0.2) is 0 Å². The summed E-state index contributed by atoms with van der Waals surface area (Å²) in [6.45, 7) is 2.94. The van der Waals surface area contributed by atoms with Crippen LogP contribution >= 0.6 is 11.6 Å². The van der Waals surface area contributed by atoms with E-state index in [4.69, 9.17) is 26.8 Å². The van der Waals surface area contributed by atoms with Gasteiger partial charge in [0, 0.05) is 39.4 Å². The first-order chi connectivity index (χ1) is 10.5. The molecule has 0 unspecified atom stereocenters. The quantitative estimate of drug-likeness (QED) is 0.532. The molecule has 1 aromatic rings. The smallest absolute Gasteiger partial charge is 0.255 e. The van der Waals surface area contributed by atoms with Gasteiger partial charge in [-0.1, -0.05) is 11.6 Å². The molecule has 22 heavy (non-hydrogen) atoms. The molecule has 1 amide bonds. The van der Waals surface area contributed by atoms with E-state index in [9.17, 15) is 4.79 Å². The first-order valence-corrected chi connectivity index (χ1v) is 7.46. The summed E-state index contributed by atoms with van der Waals surface area (Å²) in [6.07, 6.45) is 0.961. The molecule has 1 aromatic carbocycles. The summed E-state index contributed by atoms with van der Waals surface area (Å²) in [4.78, 5) is 14.3. The summed E-state index contributed by atoms with van der Waals surface area (Å²) in [7, 11) is 5.18. The highest BCUT2D eigenvalue weighted by Crippen LogP contribution is 2.28. The molecule has 0 atom stereocenters. The number of rotatable bonds is 9. The van der Waals surface area contributed by atoms with Crippen molar-refractivity contribution in [3.63, 3.8) is 0 Å². The molecule has 0 aliphatic heterocycles. The van der Waals surface area contributed by atoms with Crippen molar-refractivity contribution < 1.29 is 14.3 Å². The van der Waals surface area contributed by atoms with Crippen molar-refractivity contribution in [2.45, 2.75) is 6.42 Å². The third-order valence-electron chi connectivity index (χ3n) is 3.23. The summed E-state index contributed by atoms with van der Waals surface area (Å²) < 4.78 is 10.2. The Labute approximate surface area is 136 Å². The molecular weight excluding hydrogens is 306 g/mol. The van der Waals surface area contributed by atoms with Crippen LogP contribution in [0.5, 0.6) is 5.75 Å². The zero-order chi connectivity index (χ0) is 16.5. The monoisotopic (exact) mass is 329 g/mol. The predicted molar refractivity (Wildman–Crippen MR) is 88.7 cm³/mol. The Morgan fingerprint density at radius 1 is 1.36 bits per heavy atom. The molecule has 3 N–H and O–H groups in total. The molecule has 0 saturated carbocycles. The maximum atomic E-state index is 12.2. The second kappa shape index (κ2) is 9.50. The number of likely N-dealkylation sites (N-methyl/N-ethyl adjacent to an activating group) is 1. The van der Waals surface area contributed by atoms with Crippen LogP contribution in [-0.4, -0.2) is 58.3 Å². The number of nitrogens with one attached hydrogen (secondary N) is 1. The van der Waals surface area contributed by atoms with E-state index in [0.717, 1.165) is 26.1 Å². The van der Waals surface area contributed by atoms with Gasteiger partial charge < -0.3 is 25.4 Å². The number of ether oxygens (including phenoxy) is 2. The Morgan fingerprint density at radius 2 is 2.09 bits per heavy atom. The predicted octanol–water partition coefficient (Wildman–Crippen LogP) is 1.63. The Bertz CT molecular complexity index is 497. The van der Waals surface area contributed by atoms with Crippen molar-refractivity contribution in [1.29, 1.82) is 0 Å². The van der Waals surface area contributed by atoms with E-state index >= 15 is 0 Å². The SMILES string of the molecule is COCCCN(C)CCNC(=O)c1cc(Cl)c(N)cc1OC. The minimum absolute atomic E-state index is 0.232. The lowest BCUT2D eigenvalue weighted by Crippen LogP contribution is -2.33. The fourth-order valence-corrected chi connectivity index (χ4v) is 2.13. The summed E-state index contributed by atoms with van der Waals surface area (Å²) >= 11 is 5.96. The molecule has 0 saturated heterocycles. The lowest BCUT2D eigenvalue weighted by Gasteiger charge is -2.17. The molecule has 0 radical (unpaired) electrons. The van der Waals surface area contributed by atoms with Crippen molar-refractivity contribution in [2.75, 3.05) is 53.2 Å². The number of carbonyl (C=O) groups excluding carboxylic acids is 1. The average molecular weight is 330 g/mol. The topological polar surface area (TPSA) is 76.8 Å². The van der Waals surface area contributed by atoms with Crippen LogP contribution in [-0.2, 0) is 4.74 Å². The number of halogens is 1. The molecule has 0 fully saturated rings. The van der Waals surface area contributed by atoms with Gasteiger partial charge >= 0.3 is 0 Å². The van der Waals surface area contributed by atoms with E-state index in [1.165, 1.54) is 13.2 Å². The Hall–Kier alpha value is -1.50. The summed E-state index contributed by atoms with van der Waals surface area (Å²) in [5.74, 6) is 0.178. The van der Waals surface area contributed by atoms with Crippen LogP contribution in [0.25, 0.3) is 0 Å². The number of nitrogens with zero attached hydrogens (tertiary/aromatic N) is 1. The Morgan fingerprint density at radius 3 is 2.73 bits per heavy atom. The number of methoxy groups -OCH3 is 2. The van der Waals surface area contributed by atoms with Crippen molar-refractivity contribution in [3.05, 3.63) is 22.7 Å². The van der Waals surface area contributed by atoms with E-state index < -0.39 is 0 Å². The van der Waals surface area contributed by atoms with Gasteiger partial charge in [-0.05, 0) is 19.5 Å². The van der Waals surface area contributed by atoms with Crippen LogP contribution in [0.4, 0.5) is 5.69 Å². The Kier molecular flexibility index (Phi) is 8.01. The van der Waals surface area contributed by atoms with Gasteiger partial charge in [-0.25, -0.2) is 0 Å². The molecule has 124 valence electrons. The molecule has 0 spiro atoms. The average Bonchev–Trinajstić information content (AvgIpc) is 2.49. The van der Waals surface area contributed by atoms with Gasteiger partial charge in [-0.3, -0.25) is 4.79 Å². The van der Waals surface area contributed by atoms with Crippen LogP contribution in [0, 0.1) is 0 Å². The lowest BCUT2D eigenvalue weighted by molar-refractivity contribution is 0.0946. The molecule has 6 nitrogen and oxygen atoms in total. The van der Waals surface area contributed by atoms with Crippen LogP contribution < -0.4 is 15.8 Å². The second-order valence-corrected chi connectivity index (χ2v) is 5.39. The number of benzene rings is 1. The third-order valence-corrected chi connectivity index (χ3v) is 3.56. The molecule has 0 aromatic heterocycles. The van der Waals surface area contributed by atoms with E-state index in [0.29, 0.717) is 28.6 Å². The summed E-state index contributed by atoms with van der Waals surface area (Å²) in [5, 5.41) is 3.19. The number of anilines is 1. The van der Waals surface area contributed by atoms with E-state index in [2.05, 4.69) is 10.2 Å². The maximum absolute atomic E-state index is 12.2. The number of nitrogen functional groups attached to an aromatic ring is 1. The van der Waals surface area contributed by atoms with Gasteiger partial charge in [0.1, 0.15) is 5.75 Å². The standard InChI is InChI=1S/C15H24ClN3O3/c1-19(6-4-8-21-2)7-5-18-15(20)11-9-12(16)13(17)10-14(11)22-3/h9-10H,4-8,17H2,1-3H3,(H,18,20). The highest BCUT2D eigenvalue weighted by atomic mass is 35.5. The van der Waals surface area contributed by atoms with Crippen molar-refractivity contribution >= 4 is 23.2 Å². The van der Waals surface area contributed by atoms with Crippen LogP contribution in [0.3, 0.4) is 0 Å². The normalized spacial score (nSPS) is 10.8. The van der Waals surface area contributed by atoms with Gasteiger partial charge in [-0.15, -0.1) is 0 Å². The van der Waals surface area contributed by atoms with Crippen LogP contribution in [0.15, 0.2) is 12.1 Å². The minimum Gasteiger partial charge on any atom is -0.496 e. The Balaban J connectivity index is 2.50. The molecular formula is C15H24ClN3O3. The molecule has 7 heteroatoms. The van der Waals surface area contributed by atoms with Crippen molar-refractivity contribution in [3.8, 4) is 5.75 Å². The highest BCUT2D eigenvalue weighted by molar-refractivity contribution is 6.33. The van der Waals surface area contributed by atoms with Gasteiger partial charge in [0.05, 0.1) is 23.4 Å². The van der Waals surface area contributed by atoms with Gasteiger partial charge in [-0.2, -0.15) is 0 Å². The number of amides is 1. The third kappa shape index (κ3) is 5.71. The number of nitrogens with two attached hydrogens (primary N) is 1. The van der Waals surface area contributed by atoms with Crippen LogP contribution in [0.2, 0.25) is 5.02 Å².